The van der Waals surface area contributed by atoms with Gasteiger partial charge in [0.15, 0.2) is 5.75 Å². The highest BCUT2D eigenvalue weighted by atomic mass is 32.2. The van der Waals surface area contributed by atoms with Gasteiger partial charge in [-0.3, -0.25) is 13.7 Å². The van der Waals surface area contributed by atoms with Crippen LogP contribution in [0.15, 0.2) is 170 Å². The molecule has 11 aromatic rings. The Balaban J connectivity index is 0.823. The molecule has 88 heavy (non-hydrogen) atoms. The van der Waals surface area contributed by atoms with E-state index >= 15 is 0 Å². The van der Waals surface area contributed by atoms with Crippen LogP contribution in [-0.4, -0.2) is 95.6 Å². The number of carboxylic acid groups (broad SMARTS) is 1. The summed E-state index contributed by atoms with van der Waals surface area (Å²) < 4.78 is 112. The maximum atomic E-state index is 12.6. The molecule has 0 amide bonds. The number of phenolic OH excluding ortho intramolecular Hbond substituents is 1. The predicted molar refractivity (Wildman–Crippen MR) is 314 cm³/mol. The first-order valence-corrected chi connectivity index (χ1v) is 30.6. The van der Waals surface area contributed by atoms with Crippen LogP contribution < -0.4 is 0 Å². The summed E-state index contributed by atoms with van der Waals surface area (Å²) in [5.74, 6) is -1.70. The van der Waals surface area contributed by atoms with E-state index in [1.165, 1.54) is 42.5 Å². The van der Waals surface area contributed by atoms with Gasteiger partial charge in [0.05, 0.1) is 78.5 Å². The molecule has 0 saturated heterocycles. The fourth-order valence-electron chi connectivity index (χ4n) is 9.29. The minimum Gasteiger partial charge on any atom is -0.505 e. The lowest BCUT2D eigenvalue weighted by atomic mass is 10.1. The number of aryl methyl sites for hydroxylation is 4. The molecule has 0 aliphatic rings. The highest BCUT2D eigenvalue weighted by Crippen LogP contribution is 2.46. The van der Waals surface area contributed by atoms with Gasteiger partial charge in [0.1, 0.15) is 38.3 Å². The number of azo groups is 3. The molecule has 0 spiro atoms. The molecule has 7 N–H and O–H groups in total. The lowest BCUT2D eigenvalue weighted by Crippen LogP contribution is -2.07. The highest BCUT2D eigenvalue weighted by molar-refractivity contribution is 7.95. The molecule has 0 aliphatic carbocycles. The highest BCUT2D eigenvalue weighted by Gasteiger charge is 2.25. The lowest BCUT2D eigenvalue weighted by molar-refractivity contribution is -0.432. The van der Waals surface area contributed by atoms with Crippen molar-refractivity contribution in [3.05, 3.63) is 143 Å². The van der Waals surface area contributed by atoms with Crippen molar-refractivity contribution in [3.8, 4) is 17.1 Å². The normalized spacial score (nSPS) is 12.7. The molecular weight excluding hydrogens is 1250 g/mol. The minimum atomic E-state index is -4.97. The molecule has 0 unspecified atom stereocenters. The lowest BCUT2D eigenvalue weighted by Gasteiger charge is -2.11. The fourth-order valence-corrected chi connectivity index (χ4v) is 12.3. The van der Waals surface area contributed by atoms with Crippen molar-refractivity contribution in [1.82, 2.24) is 30.0 Å². The van der Waals surface area contributed by atoms with Crippen molar-refractivity contribution < 1.29 is 83.2 Å². The van der Waals surface area contributed by atoms with E-state index in [0.717, 1.165) is 27.8 Å². The van der Waals surface area contributed by atoms with Gasteiger partial charge in [-0.15, -0.1) is 39.0 Å². The topological polar surface area (TPSA) is 434 Å². The number of aromatic hydroxyl groups is 1. The SMILES string of the molecule is Cc1cc(N=Nc2cc(C)c(N=Nc3c(SOOO)cc4cc(-n5nc6ccc7c(S(=O)(=O)O)cc(S(=O)(=O)O)cc7c6n5)ccc4c3O)cc2C)c(C)cc1N=Nc1ccc(-n2nc3ccc4c(SOOO)cc(S(=O)(=O)O)cc4c3n2)c(C(=O)O)c1. The summed E-state index contributed by atoms with van der Waals surface area (Å²) in [6.07, 6.45) is 0. The number of carbonyl (C=O) groups is 1. The Morgan fingerprint density at radius 2 is 1.00 bits per heavy atom. The number of aromatic nitrogens is 6. The van der Waals surface area contributed by atoms with Crippen LogP contribution in [0.5, 0.6) is 5.75 Å². The maximum Gasteiger partial charge on any atom is 0.338 e. The molecule has 0 aliphatic heterocycles. The quantitative estimate of drug-likeness (QED) is 0.0138. The largest absolute Gasteiger partial charge is 0.505 e. The fraction of sp³-hybridized carbons (Fsp3) is 0.0755. The van der Waals surface area contributed by atoms with Crippen LogP contribution in [0.3, 0.4) is 0 Å². The van der Waals surface area contributed by atoms with Crippen LogP contribution in [0.2, 0.25) is 0 Å². The van der Waals surface area contributed by atoms with Crippen molar-refractivity contribution in [2.24, 2.45) is 30.7 Å². The smallest absolute Gasteiger partial charge is 0.338 e. The van der Waals surface area contributed by atoms with E-state index in [9.17, 15) is 53.9 Å². The third-order valence-electron chi connectivity index (χ3n) is 13.5. The van der Waals surface area contributed by atoms with Crippen molar-refractivity contribution in [3.63, 3.8) is 0 Å². The Bertz CT molecular complexity index is 5240. The van der Waals surface area contributed by atoms with E-state index < -0.39 is 51.0 Å². The third kappa shape index (κ3) is 12.0. The number of nitrogens with zero attached hydrogens (tertiary/aromatic N) is 12. The minimum absolute atomic E-state index is 0.0185. The van der Waals surface area contributed by atoms with Crippen molar-refractivity contribution in [2.45, 2.75) is 52.2 Å². The van der Waals surface area contributed by atoms with Crippen molar-refractivity contribution in [2.75, 3.05) is 0 Å². The van der Waals surface area contributed by atoms with Gasteiger partial charge in [0.25, 0.3) is 30.4 Å². The second-order valence-electron chi connectivity index (χ2n) is 19.2. The maximum absolute atomic E-state index is 12.6. The summed E-state index contributed by atoms with van der Waals surface area (Å²) in [5.41, 5.74) is 5.19. The van der Waals surface area contributed by atoms with Gasteiger partial charge in [-0.05, 0) is 158 Å². The predicted octanol–water partition coefficient (Wildman–Crippen LogP) is 13.1. The first kappa shape index (κ1) is 60.5. The number of phenols is 1. The van der Waals surface area contributed by atoms with Crippen LogP contribution >= 0.6 is 24.1 Å². The number of rotatable bonds is 18. The molecule has 35 heteroatoms. The molecule has 9 aromatic carbocycles. The van der Waals surface area contributed by atoms with Gasteiger partial charge in [-0.1, -0.05) is 22.2 Å². The van der Waals surface area contributed by atoms with Gasteiger partial charge in [0, 0.05) is 31.8 Å². The standard InChI is InChI=1S/C53H38N12O18S5/c1-24-14-42(25(2)13-41(24)55-54-29-5-12-45(38(19-29)53(67)68)65-61-40-10-8-34-36(49(40)63-65)20-31(86(71,72)73)22-46(34)84-82-80-69)56-57-43-15-27(4)44(16-26(43)3)58-59-51-47(85-83-81-70)18-28-17-30(6-7-33(28)52(51)66)64-60-39-11-9-35-37(50(39)62-64)21-32(87(74,75)76)23-48(35)88(77,78)79/h5-23,66,69-70H,1-4H3,(H,67,68)(H,71,72,73)(H,74,75,76)(H,77,78,79). The molecule has 448 valence electrons. The van der Waals surface area contributed by atoms with Crippen molar-refractivity contribution in [1.29, 1.82) is 0 Å². The summed E-state index contributed by atoms with van der Waals surface area (Å²) in [7, 11) is -14.6. The van der Waals surface area contributed by atoms with Crippen LogP contribution in [-0.2, 0) is 49.1 Å². The zero-order valence-corrected chi connectivity index (χ0v) is 49.1. The van der Waals surface area contributed by atoms with E-state index in [1.807, 2.05) is 0 Å². The van der Waals surface area contributed by atoms with E-state index in [1.54, 1.807) is 76.2 Å². The zero-order valence-electron chi connectivity index (χ0n) is 45.0. The number of hydrogen-bond acceptors (Lipinski definition) is 26. The van der Waals surface area contributed by atoms with Gasteiger partial charge in [-0.2, -0.15) is 55.6 Å². The molecule has 0 radical (unpaired) electrons. The van der Waals surface area contributed by atoms with E-state index in [0.29, 0.717) is 91.6 Å². The van der Waals surface area contributed by atoms with Crippen LogP contribution in [0, 0.1) is 27.7 Å². The molecule has 0 fully saturated rings. The molecule has 0 bridgehead atoms. The molecule has 0 saturated carbocycles. The van der Waals surface area contributed by atoms with Crippen LogP contribution in [0.4, 0.5) is 34.1 Å². The summed E-state index contributed by atoms with van der Waals surface area (Å²) in [6.45, 7) is 7.12. The zero-order chi connectivity index (χ0) is 62.7. The number of carboxylic acids is 1. The van der Waals surface area contributed by atoms with Gasteiger partial charge in [-0.25, -0.2) is 15.3 Å². The first-order valence-electron chi connectivity index (χ1n) is 24.8. The molecule has 0 atom stereocenters. The first-order chi connectivity index (χ1) is 41.8. The molecule has 2 aromatic heterocycles. The molecule has 11 rings (SSSR count). The Morgan fingerprint density at radius 3 is 1.56 bits per heavy atom. The summed E-state index contributed by atoms with van der Waals surface area (Å²) >= 11 is 0.958. The number of benzene rings is 9. The summed E-state index contributed by atoms with van der Waals surface area (Å²) in [5, 5.41) is 92.6. The summed E-state index contributed by atoms with van der Waals surface area (Å²) in [6, 6.07) is 27.0. The molecule has 2 heterocycles. The second kappa shape index (κ2) is 23.5. The molecular formula is C53H38N12O18S5. The van der Waals surface area contributed by atoms with E-state index in [-0.39, 0.29) is 81.8 Å². The number of aromatic carboxylic acids is 1. The Morgan fingerprint density at radius 1 is 0.500 bits per heavy atom. The van der Waals surface area contributed by atoms with Gasteiger partial charge >= 0.3 is 5.97 Å². The van der Waals surface area contributed by atoms with Gasteiger partial charge < -0.3 is 10.2 Å². The number of fused-ring (bicyclic) bond motifs is 7. The van der Waals surface area contributed by atoms with Gasteiger partial charge in [0.2, 0.25) is 0 Å². The number of hydrogen-bond donors (Lipinski definition) is 7. The van der Waals surface area contributed by atoms with E-state index in [4.69, 9.17) is 14.8 Å². The average Bonchev–Trinajstić information content (AvgIpc) is 1.62. The Kier molecular flexibility index (Phi) is 16.2. The Hall–Kier alpha value is -9.18. The van der Waals surface area contributed by atoms with E-state index in [2.05, 4.69) is 65.5 Å². The average molecular weight is 1290 g/mol. The molecule has 30 nitrogen and oxygen atoms in total. The second-order valence-corrected chi connectivity index (χ2v) is 24.9. The van der Waals surface area contributed by atoms with Crippen LogP contribution in [0.25, 0.3) is 65.8 Å². The van der Waals surface area contributed by atoms with Crippen molar-refractivity contribution >= 4 is 149 Å². The van der Waals surface area contributed by atoms with Crippen LogP contribution in [0.1, 0.15) is 32.6 Å². The third-order valence-corrected chi connectivity index (χ3v) is 17.4. The monoisotopic (exact) mass is 1290 g/mol. The Labute approximate surface area is 502 Å². The summed E-state index contributed by atoms with van der Waals surface area (Å²) in [4.78, 5) is 13.0.